The molecule has 0 aromatic heterocycles. The molecule has 5 nitrogen and oxygen atoms in total. The molecular weight excluding hydrogens is 316 g/mol. The summed E-state index contributed by atoms with van der Waals surface area (Å²) in [6.45, 7) is 4.83. The predicted octanol–water partition coefficient (Wildman–Crippen LogP) is 3.15. The van der Waals surface area contributed by atoms with E-state index in [4.69, 9.17) is 4.74 Å². The summed E-state index contributed by atoms with van der Waals surface area (Å²) < 4.78 is 5.10. The van der Waals surface area contributed by atoms with E-state index in [0.29, 0.717) is 24.4 Å². The highest BCUT2D eigenvalue weighted by molar-refractivity contribution is 6.04. The molecule has 2 N–H and O–H groups in total. The number of nitrogens with zero attached hydrogens (tertiary/aromatic N) is 1. The molecule has 2 aromatic rings. The van der Waals surface area contributed by atoms with Crippen molar-refractivity contribution in [2.75, 3.05) is 26.0 Å². The van der Waals surface area contributed by atoms with Gasteiger partial charge in [0, 0.05) is 24.3 Å². The summed E-state index contributed by atoms with van der Waals surface area (Å²) in [5.74, 6) is 0.554. The van der Waals surface area contributed by atoms with Gasteiger partial charge >= 0.3 is 0 Å². The van der Waals surface area contributed by atoms with Crippen LogP contribution in [0.3, 0.4) is 0 Å². The molecule has 0 aliphatic rings. The van der Waals surface area contributed by atoms with E-state index in [9.17, 15) is 9.90 Å². The minimum atomic E-state index is -0.741. The standard InChI is InChI=1S/C20H26N2O3/c1-20(2,24)14-22(3)13-15-6-5-7-17(12-15)21-19(23)16-8-10-18(25-4)11-9-16/h5-12,24H,13-14H2,1-4H3,(H,21,23). The number of ether oxygens (including phenoxy) is 1. The number of hydrogen-bond donors (Lipinski definition) is 2. The van der Waals surface area contributed by atoms with Crippen molar-refractivity contribution in [1.29, 1.82) is 0 Å². The van der Waals surface area contributed by atoms with Gasteiger partial charge in [-0.05, 0) is 62.9 Å². The Balaban J connectivity index is 2.01. The second-order valence-electron chi connectivity index (χ2n) is 6.87. The topological polar surface area (TPSA) is 61.8 Å². The van der Waals surface area contributed by atoms with Gasteiger partial charge in [-0.15, -0.1) is 0 Å². The zero-order chi connectivity index (χ0) is 18.4. The summed E-state index contributed by atoms with van der Waals surface area (Å²) in [7, 11) is 3.55. The third-order valence-electron chi connectivity index (χ3n) is 3.65. The lowest BCUT2D eigenvalue weighted by molar-refractivity contribution is 0.0425. The van der Waals surface area contributed by atoms with Gasteiger partial charge in [0.2, 0.25) is 0 Å². The van der Waals surface area contributed by atoms with Crippen LogP contribution in [0.2, 0.25) is 0 Å². The molecule has 2 rings (SSSR count). The van der Waals surface area contributed by atoms with Crippen LogP contribution >= 0.6 is 0 Å². The van der Waals surface area contributed by atoms with Gasteiger partial charge in [-0.1, -0.05) is 12.1 Å². The van der Waals surface area contributed by atoms with E-state index in [1.54, 1.807) is 45.2 Å². The quantitative estimate of drug-likeness (QED) is 0.811. The van der Waals surface area contributed by atoms with Gasteiger partial charge in [0.05, 0.1) is 12.7 Å². The first-order valence-electron chi connectivity index (χ1n) is 8.22. The van der Waals surface area contributed by atoms with E-state index < -0.39 is 5.60 Å². The fourth-order valence-corrected chi connectivity index (χ4v) is 2.72. The maximum Gasteiger partial charge on any atom is 0.255 e. The molecule has 0 fully saturated rings. The molecule has 134 valence electrons. The number of aliphatic hydroxyl groups is 1. The fourth-order valence-electron chi connectivity index (χ4n) is 2.72. The van der Waals surface area contributed by atoms with E-state index in [2.05, 4.69) is 5.32 Å². The summed E-state index contributed by atoms with van der Waals surface area (Å²) in [6.07, 6.45) is 0. The second-order valence-corrected chi connectivity index (χ2v) is 6.87. The highest BCUT2D eigenvalue weighted by Crippen LogP contribution is 2.16. The number of carbonyl (C=O) groups is 1. The number of rotatable bonds is 7. The molecule has 1 amide bonds. The van der Waals surface area contributed by atoms with Gasteiger partial charge in [0.15, 0.2) is 0 Å². The van der Waals surface area contributed by atoms with Crippen molar-refractivity contribution in [3.05, 3.63) is 59.7 Å². The molecular formula is C20H26N2O3. The minimum Gasteiger partial charge on any atom is -0.497 e. The Morgan fingerprint density at radius 1 is 1.20 bits per heavy atom. The monoisotopic (exact) mass is 342 g/mol. The molecule has 0 saturated carbocycles. The Bertz CT molecular complexity index is 706. The van der Waals surface area contributed by atoms with E-state index in [0.717, 1.165) is 11.3 Å². The van der Waals surface area contributed by atoms with Crippen LogP contribution in [0.15, 0.2) is 48.5 Å². The molecule has 25 heavy (non-hydrogen) atoms. The van der Waals surface area contributed by atoms with Crippen molar-refractivity contribution in [3.8, 4) is 5.75 Å². The number of carbonyl (C=O) groups excluding carboxylic acids is 1. The Morgan fingerprint density at radius 3 is 2.48 bits per heavy atom. The zero-order valence-electron chi connectivity index (χ0n) is 15.2. The van der Waals surface area contributed by atoms with Crippen LogP contribution in [-0.2, 0) is 6.54 Å². The predicted molar refractivity (Wildman–Crippen MR) is 100 cm³/mol. The van der Waals surface area contributed by atoms with E-state index in [1.807, 2.05) is 36.2 Å². The van der Waals surface area contributed by atoms with Gasteiger partial charge in [-0.3, -0.25) is 9.69 Å². The van der Waals surface area contributed by atoms with Crippen molar-refractivity contribution < 1.29 is 14.6 Å². The van der Waals surface area contributed by atoms with Crippen molar-refractivity contribution in [1.82, 2.24) is 4.90 Å². The average molecular weight is 342 g/mol. The maximum absolute atomic E-state index is 12.3. The smallest absolute Gasteiger partial charge is 0.255 e. The molecule has 0 bridgehead atoms. The minimum absolute atomic E-state index is 0.162. The lowest BCUT2D eigenvalue weighted by Gasteiger charge is -2.25. The summed E-state index contributed by atoms with van der Waals surface area (Å²) in [4.78, 5) is 14.4. The van der Waals surface area contributed by atoms with Crippen LogP contribution in [0, 0.1) is 0 Å². The first kappa shape index (κ1) is 19.0. The lowest BCUT2D eigenvalue weighted by atomic mass is 10.1. The molecule has 0 aliphatic heterocycles. The van der Waals surface area contributed by atoms with Gasteiger partial charge in [0.25, 0.3) is 5.91 Å². The first-order chi connectivity index (χ1) is 11.8. The molecule has 0 atom stereocenters. The van der Waals surface area contributed by atoms with Crippen molar-refractivity contribution >= 4 is 11.6 Å². The molecule has 0 unspecified atom stereocenters. The van der Waals surface area contributed by atoms with E-state index >= 15 is 0 Å². The summed E-state index contributed by atoms with van der Waals surface area (Å²) >= 11 is 0. The molecule has 2 aromatic carbocycles. The number of nitrogens with one attached hydrogen (secondary N) is 1. The van der Waals surface area contributed by atoms with Crippen LogP contribution in [0.5, 0.6) is 5.75 Å². The number of hydrogen-bond acceptors (Lipinski definition) is 4. The van der Waals surface area contributed by atoms with E-state index in [-0.39, 0.29) is 5.91 Å². The Kier molecular flexibility index (Phi) is 6.17. The number of benzene rings is 2. The maximum atomic E-state index is 12.3. The van der Waals surface area contributed by atoms with Gasteiger partial charge in [0.1, 0.15) is 5.75 Å². The molecule has 5 heteroatoms. The highest BCUT2D eigenvalue weighted by atomic mass is 16.5. The van der Waals surface area contributed by atoms with Gasteiger partial charge in [-0.25, -0.2) is 0 Å². The molecule has 0 heterocycles. The zero-order valence-corrected chi connectivity index (χ0v) is 15.2. The summed E-state index contributed by atoms with van der Waals surface area (Å²) in [6, 6.07) is 14.7. The van der Waals surface area contributed by atoms with Crippen LogP contribution in [-0.4, -0.2) is 42.2 Å². The number of amides is 1. The number of anilines is 1. The summed E-state index contributed by atoms with van der Waals surface area (Å²) in [5.41, 5.74) is 1.65. The van der Waals surface area contributed by atoms with Gasteiger partial charge in [-0.2, -0.15) is 0 Å². The largest absolute Gasteiger partial charge is 0.497 e. The number of methoxy groups -OCH3 is 1. The van der Waals surface area contributed by atoms with Crippen molar-refractivity contribution in [2.24, 2.45) is 0 Å². The third kappa shape index (κ3) is 6.21. The van der Waals surface area contributed by atoms with Crippen LogP contribution in [0.25, 0.3) is 0 Å². The van der Waals surface area contributed by atoms with Gasteiger partial charge < -0.3 is 15.2 Å². The molecule has 0 spiro atoms. The lowest BCUT2D eigenvalue weighted by Crippen LogP contribution is -2.35. The molecule has 0 radical (unpaired) electrons. The Labute approximate surface area is 149 Å². The second kappa shape index (κ2) is 8.14. The Hall–Kier alpha value is -2.37. The highest BCUT2D eigenvalue weighted by Gasteiger charge is 2.15. The van der Waals surface area contributed by atoms with Crippen LogP contribution in [0.4, 0.5) is 5.69 Å². The first-order valence-corrected chi connectivity index (χ1v) is 8.22. The average Bonchev–Trinajstić information content (AvgIpc) is 2.53. The summed E-state index contributed by atoms with van der Waals surface area (Å²) in [5, 5.41) is 12.8. The Morgan fingerprint density at radius 2 is 1.88 bits per heavy atom. The normalized spacial score (nSPS) is 11.4. The third-order valence-corrected chi connectivity index (χ3v) is 3.65. The van der Waals surface area contributed by atoms with Crippen molar-refractivity contribution in [3.63, 3.8) is 0 Å². The van der Waals surface area contributed by atoms with Crippen LogP contribution in [0.1, 0.15) is 29.8 Å². The molecule has 0 aliphatic carbocycles. The van der Waals surface area contributed by atoms with Crippen LogP contribution < -0.4 is 10.1 Å². The molecule has 0 saturated heterocycles. The fraction of sp³-hybridized carbons (Fsp3) is 0.350. The van der Waals surface area contributed by atoms with Crippen molar-refractivity contribution in [2.45, 2.75) is 26.0 Å². The SMILES string of the molecule is COc1ccc(C(=O)Nc2cccc(CN(C)CC(C)(C)O)c2)cc1. The number of likely N-dealkylation sites (N-methyl/N-ethyl adjacent to an activating group) is 1. The van der Waals surface area contributed by atoms with E-state index in [1.165, 1.54) is 0 Å².